The summed E-state index contributed by atoms with van der Waals surface area (Å²) < 4.78 is 10.9. The Hall–Kier alpha value is -1.82. The summed E-state index contributed by atoms with van der Waals surface area (Å²) in [5.41, 5.74) is 2.82. The minimum absolute atomic E-state index is 0.191. The molecule has 0 spiro atoms. The number of ether oxygens (including phenoxy) is 2. The number of fused-ring (bicyclic) bond motifs is 1. The largest absolute Gasteiger partial charge is 0.497 e. The lowest BCUT2D eigenvalue weighted by molar-refractivity contribution is 0.273. The Balaban J connectivity index is 1.90. The molecule has 18 heavy (non-hydrogen) atoms. The van der Waals surface area contributed by atoms with E-state index in [-0.39, 0.29) is 6.04 Å². The Morgan fingerprint density at radius 1 is 1.50 bits per heavy atom. The number of hydrogen-bond acceptors (Lipinski definition) is 6. The van der Waals surface area contributed by atoms with Gasteiger partial charge in [-0.2, -0.15) is 0 Å². The Labute approximate surface area is 109 Å². The molecule has 1 atom stereocenters. The van der Waals surface area contributed by atoms with Crippen LogP contribution in [0.15, 0.2) is 23.7 Å². The number of aromatic nitrogens is 2. The van der Waals surface area contributed by atoms with Crippen LogP contribution in [0.1, 0.15) is 18.0 Å². The number of rotatable bonds is 3. The molecule has 0 aliphatic carbocycles. The summed E-state index contributed by atoms with van der Waals surface area (Å²) in [6, 6.07) is 6.05. The lowest BCUT2D eigenvalue weighted by Gasteiger charge is -2.26. The zero-order chi connectivity index (χ0) is 12.4. The Bertz CT molecular complexity index is 530. The van der Waals surface area contributed by atoms with E-state index in [1.54, 1.807) is 12.6 Å². The minimum Gasteiger partial charge on any atom is -0.497 e. The highest BCUT2D eigenvalue weighted by Gasteiger charge is 2.22. The van der Waals surface area contributed by atoms with Crippen LogP contribution < -0.4 is 14.8 Å². The molecule has 0 saturated carbocycles. The van der Waals surface area contributed by atoms with Crippen molar-refractivity contribution < 1.29 is 9.47 Å². The first-order valence-corrected chi connectivity index (χ1v) is 6.58. The van der Waals surface area contributed by atoms with Crippen molar-refractivity contribution in [3.8, 4) is 11.5 Å². The second-order valence-corrected chi connectivity index (χ2v) is 4.81. The van der Waals surface area contributed by atoms with Crippen LogP contribution >= 0.6 is 11.3 Å². The predicted molar refractivity (Wildman–Crippen MR) is 69.4 cm³/mol. The fourth-order valence-corrected chi connectivity index (χ4v) is 2.53. The molecule has 94 valence electrons. The van der Waals surface area contributed by atoms with E-state index in [1.807, 2.05) is 18.2 Å². The third-order valence-electron chi connectivity index (χ3n) is 2.91. The summed E-state index contributed by atoms with van der Waals surface area (Å²) >= 11 is 1.50. The Morgan fingerprint density at radius 3 is 3.22 bits per heavy atom. The lowest BCUT2D eigenvalue weighted by atomic mass is 10.0. The van der Waals surface area contributed by atoms with Gasteiger partial charge in [-0.15, -0.1) is 10.2 Å². The third-order valence-corrected chi connectivity index (χ3v) is 3.54. The molecule has 0 bridgehead atoms. The van der Waals surface area contributed by atoms with Crippen molar-refractivity contribution in [3.05, 3.63) is 29.3 Å². The summed E-state index contributed by atoms with van der Waals surface area (Å²) in [6.07, 6.45) is 0.903. The lowest BCUT2D eigenvalue weighted by Crippen LogP contribution is -2.20. The van der Waals surface area contributed by atoms with E-state index in [4.69, 9.17) is 9.47 Å². The van der Waals surface area contributed by atoms with Crippen molar-refractivity contribution in [2.75, 3.05) is 19.0 Å². The average molecular weight is 263 g/mol. The van der Waals surface area contributed by atoms with Gasteiger partial charge in [0.05, 0.1) is 19.8 Å². The SMILES string of the molecule is COc1ccc2c(c1)C(Nc1nncs1)CCO2. The maximum atomic E-state index is 5.64. The Morgan fingerprint density at radius 2 is 2.44 bits per heavy atom. The minimum atomic E-state index is 0.191. The number of nitrogens with zero attached hydrogens (tertiary/aromatic N) is 2. The van der Waals surface area contributed by atoms with Crippen LogP contribution in [0.2, 0.25) is 0 Å². The van der Waals surface area contributed by atoms with Gasteiger partial charge in [-0.25, -0.2) is 0 Å². The van der Waals surface area contributed by atoms with E-state index in [2.05, 4.69) is 15.5 Å². The molecule has 1 unspecified atom stereocenters. The standard InChI is InChI=1S/C12H13N3O2S/c1-16-8-2-3-11-9(6-8)10(4-5-17-11)14-12-15-13-7-18-12/h2-3,6-7,10H,4-5H2,1H3,(H,14,15). The zero-order valence-electron chi connectivity index (χ0n) is 9.92. The number of hydrogen-bond donors (Lipinski definition) is 1. The van der Waals surface area contributed by atoms with Crippen molar-refractivity contribution in [2.45, 2.75) is 12.5 Å². The van der Waals surface area contributed by atoms with Gasteiger partial charge in [-0.3, -0.25) is 0 Å². The van der Waals surface area contributed by atoms with E-state index >= 15 is 0 Å². The van der Waals surface area contributed by atoms with E-state index in [0.717, 1.165) is 28.6 Å². The van der Waals surface area contributed by atoms with Crippen molar-refractivity contribution in [3.63, 3.8) is 0 Å². The molecule has 1 aliphatic rings. The van der Waals surface area contributed by atoms with Crippen molar-refractivity contribution in [2.24, 2.45) is 0 Å². The van der Waals surface area contributed by atoms with Crippen molar-refractivity contribution in [1.29, 1.82) is 0 Å². The number of benzene rings is 1. The molecular formula is C12H13N3O2S. The maximum absolute atomic E-state index is 5.64. The molecule has 1 aromatic carbocycles. The highest BCUT2D eigenvalue weighted by atomic mass is 32.1. The van der Waals surface area contributed by atoms with E-state index in [9.17, 15) is 0 Å². The Kier molecular flexibility index (Phi) is 3.02. The average Bonchev–Trinajstić information content (AvgIpc) is 2.91. The van der Waals surface area contributed by atoms with Gasteiger partial charge in [0.1, 0.15) is 17.0 Å². The second kappa shape index (κ2) is 4.81. The number of methoxy groups -OCH3 is 1. The quantitative estimate of drug-likeness (QED) is 0.922. The fraction of sp³-hybridized carbons (Fsp3) is 0.333. The molecule has 1 aliphatic heterocycles. The molecule has 0 saturated heterocycles. The van der Waals surface area contributed by atoms with Crippen LogP contribution in [-0.4, -0.2) is 23.9 Å². The molecule has 2 heterocycles. The molecule has 0 amide bonds. The molecule has 1 aromatic heterocycles. The first kappa shape index (κ1) is 11.3. The van der Waals surface area contributed by atoms with Crippen LogP contribution in [0.4, 0.5) is 5.13 Å². The molecule has 2 aromatic rings. The zero-order valence-corrected chi connectivity index (χ0v) is 10.7. The summed E-state index contributed by atoms with van der Waals surface area (Å²) in [7, 11) is 1.67. The number of nitrogens with one attached hydrogen (secondary N) is 1. The molecular weight excluding hydrogens is 250 g/mol. The van der Waals surface area contributed by atoms with Crippen molar-refractivity contribution >= 4 is 16.5 Å². The molecule has 3 rings (SSSR count). The normalized spacial score (nSPS) is 17.7. The monoisotopic (exact) mass is 263 g/mol. The van der Waals surface area contributed by atoms with Gasteiger partial charge in [0.25, 0.3) is 0 Å². The molecule has 5 nitrogen and oxygen atoms in total. The first-order chi connectivity index (χ1) is 8.86. The van der Waals surface area contributed by atoms with Gasteiger partial charge in [0.2, 0.25) is 5.13 Å². The van der Waals surface area contributed by atoms with Gasteiger partial charge in [-0.1, -0.05) is 11.3 Å². The molecule has 0 fully saturated rings. The van der Waals surface area contributed by atoms with Gasteiger partial charge >= 0.3 is 0 Å². The highest BCUT2D eigenvalue weighted by Crippen LogP contribution is 2.36. The van der Waals surface area contributed by atoms with Gasteiger partial charge in [0.15, 0.2) is 0 Å². The third kappa shape index (κ3) is 2.11. The molecule has 6 heteroatoms. The highest BCUT2D eigenvalue weighted by molar-refractivity contribution is 7.13. The summed E-state index contributed by atoms with van der Waals surface area (Å²) in [5.74, 6) is 1.74. The number of anilines is 1. The van der Waals surface area contributed by atoms with Crippen LogP contribution in [0.5, 0.6) is 11.5 Å². The van der Waals surface area contributed by atoms with Crippen molar-refractivity contribution in [1.82, 2.24) is 10.2 Å². The van der Waals surface area contributed by atoms with Crippen LogP contribution in [-0.2, 0) is 0 Å². The second-order valence-electron chi connectivity index (χ2n) is 3.98. The summed E-state index contributed by atoms with van der Waals surface area (Å²) in [6.45, 7) is 0.704. The van der Waals surface area contributed by atoms with Gasteiger partial charge < -0.3 is 14.8 Å². The van der Waals surface area contributed by atoms with E-state index in [0.29, 0.717) is 6.61 Å². The van der Waals surface area contributed by atoms with Crippen LogP contribution in [0.25, 0.3) is 0 Å². The maximum Gasteiger partial charge on any atom is 0.205 e. The smallest absolute Gasteiger partial charge is 0.205 e. The molecule has 1 N–H and O–H groups in total. The fourth-order valence-electron chi connectivity index (χ4n) is 2.03. The van der Waals surface area contributed by atoms with E-state index < -0.39 is 0 Å². The van der Waals surface area contributed by atoms with Crippen LogP contribution in [0, 0.1) is 0 Å². The van der Waals surface area contributed by atoms with Crippen LogP contribution in [0.3, 0.4) is 0 Å². The van der Waals surface area contributed by atoms with E-state index in [1.165, 1.54) is 11.3 Å². The molecule has 0 radical (unpaired) electrons. The topological polar surface area (TPSA) is 56.3 Å². The summed E-state index contributed by atoms with van der Waals surface area (Å²) in [5, 5.41) is 12.0. The van der Waals surface area contributed by atoms with Gasteiger partial charge in [0, 0.05) is 12.0 Å². The summed E-state index contributed by atoms with van der Waals surface area (Å²) in [4.78, 5) is 0. The predicted octanol–water partition coefficient (Wildman–Crippen LogP) is 2.48. The van der Waals surface area contributed by atoms with Gasteiger partial charge in [-0.05, 0) is 18.2 Å². The first-order valence-electron chi connectivity index (χ1n) is 5.70.